The van der Waals surface area contributed by atoms with Gasteiger partial charge in [0.2, 0.25) is 0 Å². The van der Waals surface area contributed by atoms with Crippen LogP contribution >= 0.6 is 22.6 Å². The van der Waals surface area contributed by atoms with Crippen molar-refractivity contribution in [2.75, 3.05) is 5.32 Å². The Labute approximate surface area is 116 Å². The maximum absolute atomic E-state index is 3.45. The summed E-state index contributed by atoms with van der Waals surface area (Å²) in [6.45, 7) is 5.19. The van der Waals surface area contributed by atoms with E-state index in [1.165, 1.54) is 26.2 Å². The molecule has 0 aliphatic heterocycles. The first-order valence-corrected chi connectivity index (χ1v) is 6.77. The molecule has 17 heavy (non-hydrogen) atoms. The molecule has 0 amide bonds. The third-order valence-electron chi connectivity index (χ3n) is 3.21. The molecule has 0 fully saturated rings. The van der Waals surface area contributed by atoms with Gasteiger partial charge in [-0.3, -0.25) is 0 Å². The Kier molecular flexibility index (Phi) is 3.76. The van der Waals surface area contributed by atoms with Gasteiger partial charge in [0.05, 0.1) is 0 Å². The first-order chi connectivity index (χ1) is 8.08. The summed E-state index contributed by atoms with van der Waals surface area (Å²) in [6.07, 6.45) is 0. The molecular formula is C14H17IN2. The molecule has 2 nitrogen and oxygen atoms in total. The molecule has 90 valence electrons. The van der Waals surface area contributed by atoms with Gasteiger partial charge in [-0.2, -0.15) is 0 Å². The predicted molar refractivity (Wildman–Crippen MR) is 81.4 cm³/mol. The third kappa shape index (κ3) is 2.83. The van der Waals surface area contributed by atoms with Gasteiger partial charge >= 0.3 is 0 Å². The summed E-state index contributed by atoms with van der Waals surface area (Å²) in [5.41, 5.74) is 5.18. The normalized spacial score (nSPS) is 10.6. The van der Waals surface area contributed by atoms with E-state index in [-0.39, 0.29) is 0 Å². The number of rotatable bonds is 3. The minimum atomic E-state index is 0.883. The van der Waals surface area contributed by atoms with E-state index in [2.05, 4.69) is 83.7 Å². The van der Waals surface area contributed by atoms with Crippen LogP contribution in [0.5, 0.6) is 0 Å². The van der Waals surface area contributed by atoms with Crippen LogP contribution in [-0.4, -0.2) is 4.57 Å². The van der Waals surface area contributed by atoms with Crippen molar-refractivity contribution < 1.29 is 0 Å². The molecule has 0 unspecified atom stereocenters. The lowest BCUT2D eigenvalue weighted by Crippen LogP contribution is -2.01. The van der Waals surface area contributed by atoms with Crippen LogP contribution in [0.25, 0.3) is 0 Å². The average molecular weight is 340 g/mol. The smallest absolute Gasteiger partial charge is 0.0418 e. The first kappa shape index (κ1) is 12.5. The third-order valence-corrected chi connectivity index (χ3v) is 3.93. The molecule has 3 heteroatoms. The minimum Gasteiger partial charge on any atom is -0.381 e. The van der Waals surface area contributed by atoms with Crippen LogP contribution in [0, 0.1) is 17.4 Å². The lowest BCUT2D eigenvalue weighted by molar-refractivity contribution is 0.837. The van der Waals surface area contributed by atoms with Crippen molar-refractivity contribution in [3.63, 3.8) is 0 Å². The standard InChI is InChI=1S/C14H17IN2/c1-10-8-12(11(2)17(10)3)9-16-14-6-4-13(15)5-7-14/h4-8,16H,9H2,1-3H3. The van der Waals surface area contributed by atoms with Gasteiger partial charge in [-0.25, -0.2) is 0 Å². The van der Waals surface area contributed by atoms with Gasteiger partial charge in [0.25, 0.3) is 0 Å². The Morgan fingerprint density at radius 2 is 1.82 bits per heavy atom. The molecule has 1 N–H and O–H groups in total. The SMILES string of the molecule is Cc1cc(CNc2ccc(I)cc2)c(C)n1C. The highest BCUT2D eigenvalue weighted by Gasteiger charge is 2.05. The Balaban J connectivity index is 2.07. The second kappa shape index (κ2) is 5.12. The summed E-state index contributed by atoms with van der Waals surface area (Å²) >= 11 is 2.32. The van der Waals surface area contributed by atoms with Crippen LogP contribution in [-0.2, 0) is 13.6 Å². The van der Waals surface area contributed by atoms with Gasteiger partial charge in [0.1, 0.15) is 0 Å². The fourth-order valence-corrected chi connectivity index (χ4v) is 2.24. The van der Waals surface area contributed by atoms with Crippen molar-refractivity contribution in [1.29, 1.82) is 0 Å². The first-order valence-electron chi connectivity index (χ1n) is 5.69. The van der Waals surface area contributed by atoms with Crippen LogP contribution in [0.4, 0.5) is 5.69 Å². The highest BCUT2D eigenvalue weighted by molar-refractivity contribution is 14.1. The number of nitrogens with one attached hydrogen (secondary N) is 1. The Morgan fingerprint density at radius 1 is 1.18 bits per heavy atom. The molecule has 0 saturated carbocycles. The van der Waals surface area contributed by atoms with Crippen molar-refractivity contribution in [3.8, 4) is 0 Å². The summed E-state index contributed by atoms with van der Waals surface area (Å²) in [5, 5.41) is 3.45. The van der Waals surface area contributed by atoms with Gasteiger partial charge in [-0.1, -0.05) is 0 Å². The number of aryl methyl sites for hydroxylation is 1. The van der Waals surface area contributed by atoms with Gasteiger partial charge in [0, 0.05) is 34.2 Å². The molecule has 0 spiro atoms. The van der Waals surface area contributed by atoms with Crippen LogP contribution in [0.3, 0.4) is 0 Å². The Morgan fingerprint density at radius 3 is 2.35 bits per heavy atom. The van der Waals surface area contributed by atoms with Crippen LogP contribution in [0.2, 0.25) is 0 Å². The maximum atomic E-state index is 3.45. The number of halogens is 1. The number of aromatic nitrogens is 1. The number of anilines is 1. The van der Waals surface area contributed by atoms with Gasteiger partial charge in [-0.15, -0.1) is 0 Å². The van der Waals surface area contributed by atoms with Crippen LogP contribution < -0.4 is 5.32 Å². The lowest BCUT2D eigenvalue weighted by Gasteiger charge is -2.07. The van der Waals surface area contributed by atoms with E-state index in [9.17, 15) is 0 Å². The number of benzene rings is 1. The molecule has 1 aromatic heterocycles. The van der Waals surface area contributed by atoms with E-state index < -0.39 is 0 Å². The van der Waals surface area contributed by atoms with Crippen molar-refractivity contribution in [3.05, 3.63) is 50.9 Å². The summed E-state index contributed by atoms with van der Waals surface area (Å²) in [6, 6.07) is 10.7. The molecule has 1 heterocycles. The topological polar surface area (TPSA) is 17.0 Å². The zero-order valence-corrected chi connectivity index (χ0v) is 12.6. The summed E-state index contributed by atoms with van der Waals surface area (Å²) in [4.78, 5) is 0. The van der Waals surface area contributed by atoms with Crippen LogP contribution in [0.15, 0.2) is 30.3 Å². The van der Waals surface area contributed by atoms with Crippen molar-refractivity contribution in [1.82, 2.24) is 4.57 Å². The zero-order chi connectivity index (χ0) is 12.4. The maximum Gasteiger partial charge on any atom is 0.0418 e. The second-order valence-corrected chi connectivity index (χ2v) is 5.56. The van der Waals surface area contributed by atoms with E-state index in [1.54, 1.807) is 0 Å². The summed E-state index contributed by atoms with van der Waals surface area (Å²) in [7, 11) is 2.11. The molecule has 0 radical (unpaired) electrons. The average Bonchev–Trinajstić information content (AvgIpc) is 2.56. The van der Waals surface area contributed by atoms with E-state index in [1.807, 2.05) is 0 Å². The van der Waals surface area contributed by atoms with E-state index in [0.717, 1.165) is 6.54 Å². The van der Waals surface area contributed by atoms with Gasteiger partial charge in [0.15, 0.2) is 0 Å². The molecule has 0 atom stereocenters. The van der Waals surface area contributed by atoms with Crippen molar-refractivity contribution in [2.24, 2.45) is 7.05 Å². The monoisotopic (exact) mass is 340 g/mol. The van der Waals surface area contributed by atoms with Crippen LogP contribution in [0.1, 0.15) is 17.0 Å². The molecule has 0 aliphatic carbocycles. The largest absolute Gasteiger partial charge is 0.381 e. The fourth-order valence-electron chi connectivity index (χ4n) is 1.88. The zero-order valence-electron chi connectivity index (χ0n) is 10.4. The Hall–Kier alpha value is -0.970. The lowest BCUT2D eigenvalue weighted by atomic mass is 10.2. The summed E-state index contributed by atoms with van der Waals surface area (Å²) in [5.74, 6) is 0. The van der Waals surface area contributed by atoms with E-state index in [0.29, 0.717) is 0 Å². The fraction of sp³-hybridized carbons (Fsp3) is 0.286. The minimum absolute atomic E-state index is 0.883. The molecule has 0 saturated heterocycles. The van der Waals surface area contributed by atoms with E-state index in [4.69, 9.17) is 0 Å². The molecule has 1 aromatic carbocycles. The van der Waals surface area contributed by atoms with Gasteiger partial charge < -0.3 is 9.88 Å². The predicted octanol–water partition coefficient (Wildman–Crippen LogP) is 3.86. The Bertz CT molecular complexity index is 512. The number of nitrogens with zero attached hydrogens (tertiary/aromatic N) is 1. The second-order valence-electron chi connectivity index (χ2n) is 4.32. The van der Waals surface area contributed by atoms with Crippen molar-refractivity contribution >= 4 is 28.3 Å². The highest BCUT2D eigenvalue weighted by atomic mass is 127. The molecule has 2 aromatic rings. The summed E-state index contributed by atoms with van der Waals surface area (Å²) < 4.78 is 3.49. The quantitative estimate of drug-likeness (QED) is 0.840. The molecule has 2 rings (SSSR count). The van der Waals surface area contributed by atoms with E-state index >= 15 is 0 Å². The molecule has 0 bridgehead atoms. The molecular weight excluding hydrogens is 323 g/mol. The highest BCUT2D eigenvalue weighted by Crippen LogP contribution is 2.16. The number of hydrogen-bond donors (Lipinski definition) is 1. The van der Waals surface area contributed by atoms with Crippen molar-refractivity contribution in [2.45, 2.75) is 20.4 Å². The molecule has 0 aliphatic rings. The number of hydrogen-bond acceptors (Lipinski definition) is 1. The van der Waals surface area contributed by atoms with Gasteiger partial charge in [-0.05, 0) is 72.3 Å².